The fraction of sp³-hybridized carbons (Fsp3) is 0.103. The zero-order valence-electron chi connectivity index (χ0n) is 18.3. The van der Waals surface area contributed by atoms with E-state index in [-0.39, 0.29) is 6.71 Å². The van der Waals surface area contributed by atoms with E-state index in [9.17, 15) is 0 Å². The van der Waals surface area contributed by atoms with Gasteiger partial charge < -0.3 is 4.90 Å². The van der Waals surface area contributed by atoms with Crippen molar-refractivity contribution in [2.45, 2.75) is 0 Å². The fourth-order valence-corrected chi connectivity index (χ4v) is 4.24. The van der Waals surface area contributed by atoms with Crippen molar-refractivity contribution in [3.8, 4) is 0 Å². The van der Waals surface area contributed by atoms with E-state index in [1.54, 1.807) is 0 Å². The van der Waals surface area contributed by atoms with Crippen LogP contribution in [0.3, 0.4) is 0 Å². The van der Waals surface area contributed by atoms with Gasteiger partial charge in [-0.25, -0.2) is 0 Å². The maximum absolute atomic E-state index is 2.26. The average Bonchev–Trinajstić information content (AvgIpc) is 2.83. The Morgan fingerprint density at radius 2 is 0.935 bits per heavy atom. The maximum atomic E-state index is 2.26. The summed E-state index contributed by atoms with van der Waals surface area (Å²) in [4.78, 5) is 2.26. The van der Waals surface area contributed by atoms with Gasteiger partial charge in [0.15, 0.2) is 0 Å². The summed E-state index contributed by atoms with van der Waals surface area (Å²) >= 11 is 0. The third-order valence-corrected chi connectivity index (χ3v) is 5.56. The summed E-state index contributed by atoms with van der Waals surface area (Å²) in [6.45, 7) is 1.00. The van der Waals surface area contributed by atoms with Crippen molar-refractivity contribution in [3.05, 3.63) is 132 Å². The quantitative estimate of drug-likeness (QED) is 0.311. The van der Waals surface area contributed by atoms with Gasteiger partial charge in [0.25, 0.3) is 0 Å². The second-order valence-electron chi connectivity index (χ2n) is 8.12. The highest BCUT2D eigenvalue weighted by molar-refractivity contribution is 7.00. The van der Waals surface area contributed by atoms with Gasteiger partial charge in [-0.2, -0.15) is 0 Å². The van der Waals surface area contributed by atoms with Crippen molar-refractivity contribution in [2.75, 3.05) is 20.6 Å². The predicted octanol–water partition coefficient (Wildman–Crippen LogP) is 5.01. The standard InChI is InChI=1S/C29H28BN/c1-31(2)23-28(24-15-7-3-8-16-24)29(25-17-9-4-10-18-25)30(26-19-11-5-12-20-26)27-21-13-6-14-22-27/h3-22H,23H2,1-2H3/b29-28+. The van der Waals surface area contributed by atoms with Crippen molar-refractivity contribution in [1.82, 2.24) is 4.90 Å². The van der Waals surface area contributed by atoms with E-state index in [1.165, 1.54) is 33.1 Å². The number of hydrogen-bond donors (Lipinski definition) is 0. The molecule has 0 radical (unpaired) electrons. The molecule has 1 nitrogen and oxygen atoms in total. The molecule has 2 heteroatoms. The fourth-order valence-electron chi connectivity index (χ4n) is 4.24. The van der Waals surface area contributed by atoms with Gasteiger partial charge in [0.1, 0.15) is 0 Å². The molecule has 0 saturated carbocycles. The zero-order chi connectivity index (χ0) is 21.5. The highest BCUT2D eigenvalue weighted by Crippen LogP contribution is 2.29. The first-order chi connectivity index (χ1) is 15.2. The number of rotatable bonds is 7. The van der Waals surface area contributed by atoms with Gasteiger partial charge in [-0.3, -0.25) is 0 Å². The van der Waals surface area contributed by atoms with Gasteiger partial charge in [0.05, 0.1) is 0 Å². The summed E-state index contributed by atoms with van der Waals surface area (Å²) < 4.78 is 0. The summed E-state index contributed by atoms with van der Waals surface area (Å²) in [7, 11) is 4.29. The van der Waals surface area contributed by atoms with E-state index in [0.29, 0.717) is 0 Å². The molecule has 0 spiro atoms. The van der Waals surface area contributed by atoms with E-state index < -0.39 is 0 Å². The van der Waals surface area contributed by atoms with E-state index in [2.05, 4.69) is 140 Å². The van der Waals surface area contributed by atoms with Gasteiger partial charge >= 0.3 is 0 Å². The van der Waals surface area contributed by atoms with Gasteiger partial charge in [0.2, 0.25) is 6.71 Å². The molecule has 0 heterocycles. The van der Waals surface area contributed by atoms with Crippen molar-refractivity contribution < 1.29 is 0 Å². The highest BCUT2D eigenvalue weighted by Gasteiger charge is 2.28. The Bertz CT molecular complexity index is 1070. The first-order valence-electron chi connectivity index (χ1n) is 10.8. The summed E-state index contributed by atoms with van der Waals surface area (Å²) in [5, 5.41) is 0. The number of nitrogens with zero attached hydrogens (tertiary/aromatic N) is 1. The monoisotopic (exact) mass is 401 g/mol. The van der Waals surface area contributed by atoms with Crippen LogP contribution in [0.2, 0.25) is 0 Å². The average molecular weight is 401 g/mol. The Morgan fingerprint density at radius 3 is 1.35 bits per heavy atom. The van der Waals surface area contributed by atoms with Crippen LogP contribution in [0.25, 0.3) is 11.0 Å². The molecule has 0 unspecified atom stereocenters. The molecule has 0 aliphatic heterocycles. The Balaban J connectivity index is 2.06. The third kappa shape index (κ3) is 5.04. The molecule has 31 heavy (non-hydrogen) atoms. The van der Waals surface area contributed by atoms with Crippen LogP contribution in [0.1, 0.15) is 11.1 Å². The van der Waals surface area contributed by atoms with Crippen LogP contribution in [0.5, 0.6) is 0 Å². The largest absolute Gasteiger partial charge is 0.305 e. The maximum Gasteiger partial charge on any atom is 0.242 e. The zero-order valence-corrected chi connectivity index (χ0v) is 18.3. The molecule has 4 aromatic rings. The summed E-state index contributed by atoms with van der Waals surface area (Å²) in [6, 6.07) is 43.4. The van der Waals surface area contributed by atoms with Crippen molar-refractivity contribution >= 4 is 28.7 Å². The van der Waals surface area contributed by atoms with E-state index in [4.69, 9.17) is 0 Å². The molecular formula is C29H28BN. The smallest absolute Gasteiger partial charge is 0.242 e. The second kappa shape index (κ2) is 10.1. The summed E-state index contributed by atoms with van der Waals surface area (Å²) in [6.07, 6.45) is 0. The summed E-state index contributed by atoms with van der Waals surface area (Å²) in [5.74, 6) is 0. The van der Waals surface area contributed by atoms with Crippen molar-refractivity contribution in [1.29, 1.82) is 0 Å². The van der Waals surface area contributed by atoms with E-state index in [1.807, 2.05) is 0 Å². The minimum absolute atomic E-state index is 0.139. The minimum atomic E-state index is 0.139. The predicted molar refractivity (Wildman–Crippen MR) is 136 cm³/mol. The third-order valence-electron chi connectivity index (χ3n) is 5.56. The van der Waals surface area contributed by atoms with Gasteiger partial charge in [-0.1, -0.05) is 138 Å². The Kier molecular flexibility index (Phi) is 6.81. The van der Waals surface area contributed by atoms with Crippen LogP contribution in [-0.2, 0) is 0 Å². The highest BCUT2D eigenvalue weighted by atomic mass is 15.0. The lowest BCUT2D eigenvalue weighted by molar-refractivity contribution is 0.463. The van der Waals surface area contributed by atoms with Gasteiger partial charge in [0, 0.05) is 6.54 Å². The molecule has 0 fully saturated rings. The van der Waals surface area contributed by atoms with E-state index >= 15 is 0 Å². The normalized spacial score (nSPS) is 11.8. The molecule has 0 amide bonds. The lowest BCUT2D eigenvalue weighted by atomic mass is 9.34. The van der Waals surface area contributed by atoms with Crippen LogP contribution in [0.15, 0.2) is 121 Å². The lowest BCUT2D eigenvalue weighted by Crippen LogP contribution is -2.44. The molecule has 0 aliphatic rings. The molecule has 0 aliphatic carbocycles. The van der Waals surface area contributed by atoms with Gasteiger partial charge in [-0.15, -0.1) is 0 Å². The van der Waals surface area contributed by atoms with Gasteiger partial charge in [-0.05, 0) is 30.8 Å². The molecule has 0 aromatic heterocycles. The first kappa shape index (κ1) is 20.9. The van der Waals surface area contributed by atoms with Crippen LogP contribution in [0, 0.1) is 0 Å². The first-order valence-corrected chi connectivity index (χ1v) is 10.8. The SMILES string of the molecule is CN(C)C/C(=C(\B(c1ccccc1)c1ccccc1)c1ccccc1)c1ccccc1. The molecule has 0 atom stereocenters. The van der Waals surface area contributed by atoms with Crippen LogP contribution in [-0.4, -0.2) is 32.3 Å². The second-order valence-corrected chi connectivity index (χ2v) is 8.12. The molecule has 0 N–H and O–H groups in total. The summed E-state index contributed by atoms with van der Waals surface area (Å²) in [5.41, 5.74) is 7.86. The molecule has 0 bridgehead atoms. The van der Waals surface area contributed by atoms with Crippen molar-refractivity contribution in [2.24, 2.45) is 0 Å². The molecule has 152 valence electrons. The number of likely N-dealkylation sites (N-methyl/N-ethyl adjacent to an activating group) is 1. The molecule has 0 saturated heterocycles. The number of hydrogen-bond acceptors (Lipinski definition) is 1. The molecule has 4 aromatic carbocycles. The topological polar surface area (TPSA) is 3.24 Å². The minimum Gasteiger partial charge on any atom is -0.305 e. The molecule has 4 rings (SSSR count). The Morgan fingerprint density at radius 1 is 0.548 bits per heavy atom. The number of benzene rings is 4. The van der Waals surface area contributed by atoms with Crippen LogP contribution in [0.4, 0.5) is 0 Å². The lowest BCUT2D eigenvalue weighted by Gasteiger charge is -2.26. The Labute approximate surface area is 186 Å². The van der Waals surface area contributed by atoms with Crippen LogP contribution >= 0.6 is 0 Å². The molecular weight excluding hydrogens is 373 g/mol. The Hall–Kier alpha value is -3.36. The van der Waals surface area contributed by atoms with E-state index in [0.717, 1.165) is 6.54 Å². The van der Waals surface area contributed by atoms with Crippen molar-refractivity contribution in [3.63, 3.8) is 0 Å². The van der Waals surface area contributed by atoms with Crippen LogP contribution < -0.4 is 10.9 Å².